The molecule has 0 saturated carbocycles. The molecule has 0 aromatic heterocycles. The Bertz CT molecular complexity index is 502. The van der Waals surface area contributed by atoms with Gasteiger partial charge in [0.25, 0.3) is 0 Å². The van der Waals surface area contributed by atoms with Crippen LogP contribution in [0, 0.1) is 0 Å². The molecule has 0 aliphatic rings. The van der Waals surface area contributed by atoms with Crippen LogP contribution in [0.3, 0.4) is 0 Å². The van der Waals surface area contributed by atoms with Crippen molar-refractivity contribution in [3.05, 3.63) is 35.4 Å². The van der Waals surface area contributed by atoms with E-state index in [1.165, 1.54) is 7.11 Å². The van der Waals surface area contributed by atoms with Gasteiger partial charge in [0.15, 0.2) is 9.84 Å². The van der Waals surface area contributed by atoms with Crippen molar-refractivity contribution in [2.24, 2.45) is 0 Å². The third-order valence-electron chi connectivity index (χ3n) is 2.93. The van der Waals surface area contributed by atoms with E-state index in [4.69, 9.17) is 0 Å². The minimum absolute atomic E-state index is 0.00343. The van der Waals surface area contributed by atoms with Crippen molar-refractivity contribution in [1.29, 1.82) is 0 Å². The lowest BCUT2D eigenvalue weighted by Gasteiger charge is -2.10. The van der Waals surface area contributed by atoms with Gasteiger partial charge < -0.3 is 4.74 Å². The van der Waals surface area contributed by atoms with Crippen molar-refractivity contribution in [2.75, 3.05) is 7.11 Å². The molecule has 18 heavy (non-hydrogen) atoms. The first kappa shape index (κ1) is 14.7. The number of sulfone groups is 1. The van der Waals surface area contributed by atoms with E-state index in [1.807, 2.05) is 6.92 Å². The summed E-state index contributed by atoms with van der Waals surface area (Å²) in [6, 6.07) is 6.44. The summed E-state index contributed by atoms with van der Waals surface area (Å²) in [7, 11) is -1.81. The molecule has 0 aliphatic heterocycles. The van der Waals surface area contributed by atoms with Crippen LogP contribution in [-0.4, -0.2) is 26.7 Å². The number of esters is 1. The molecule has 0 N–H and O–H groups in total. The van der Waals surface area contributed by atoms with Crippen LogP contribution in [0.2, 0.25) is 0 Å². The van der Waals surface area contributed by atoms with E-state index in [9.17, 15) is 13.2 Å². The van der Waals surface area contributed by atoms with Crippen LogP contribution < -0.4 is 0 Å². The molecule has 1 aromatic carbocycles. The van der Waals surface area contributed by atoms with Crippen molar-refractivity contribution < 1.29 is 17.9 Å². The summed E-state index contributed by atoms with van der Waals surface area (Å²) in [5, 5.41) is -0.349. The second-order valence-electron chi connectivity index (χ2n) is 4.21. The smallest absolute Gasteiger partial charge is 0.337 e. The van der Waals surface area contributed by atoms with E-state index < -0.39 is 15.8 Å². The lowest BCUT2D eigenvalue weighted by Crippen LogP contribution is -2.18. The van der Waals surface area contributed by atoms with Crippen molar-refractivity contribution >= 4 is 15.8 Å². The summed E-state index contributed by atoms with van der Waals surface area (Å²) in [6.45, 7) is 3.56. The van der Waals surface area contributed by atoms with Crippen molar-refractivity contribution in [1.82, 2.24) is 0 Å². The van der Waals surface area contributed by atoms with Crippen molar-refractivity contribution in [2.45, 2.75) is 31.3 Å². The molecule has 100 valence electrons. The molecule has 0 amide bonds. The number of methoxy groups -OCH3 is 1. The second kappa shape index (κ2) is 6.00. The highest BCUT2D eigenvalue weighted by Crippen LogP contribution is 2.14. The number of rotatable bonds is 5. The van der Waals surface area contributed by atoms with Crippen LogP contribution in [0.4, 0.5) is 0 Å². The van der Waals surface area contributed by atoms with Gasteiger partial charge in [0.05, 0.1) is 23.7 Å². The van der Waals surface area contributed by atoms with Gasteiger partial charge in [0.1, 0.15) is 0 Å². The van der Waals surface area contributed by atoms with Gasteiger partial charge in [0.2, 0.25) is 0 Å². The Hall–Kier alpha value is -1.36. The Morgan fingerprint density at radius 2 is 1.83 bits per heavy atom. The molecule has 1 unspecified atom stereocenters. The standard InChI is InChI=1S/C13H18O4S/c1-4-10(2)18(15,16)9-11-5-7-12(8-6-11)13(14)17-3/h5-8,10H,4,9H2,1-3H3. The third kappa shape index (κ3) is 3.57. The molecule has 0 spiro atoms. The van der Waals surface area contributed by atoms with E-state index in [0.717, 1.165) is 0 Å². The summed E-state index contributed by atoms with van der Waals surface area (Å²) < 4.78 is 28.4. The second-order valence-corrected chi connectivity index (χ2v) is 6.63. The zero-order valence-electron chi connectivity index (χ0n) is 10.8. The molecular formula is C13H18O4S. The molecule has 1 aromatic rings. The van der Waals surface area contributed by atoms with Crippen LogP contribution in [-0.2, 0) is 20.3 Å². The number of hydrogen-bond acceptors (Lipinski definition) is 4. The Balaban J connectivity index is 2.85. The predicted molar refractivity (Wildman–Crippen MR) is 70.2 cm³/mol. The topological polar surface area (TPSA) is 60.4 Å². The average molecular weight is 270 g/mol. The quantitative estimate of drug-likeness (QED) is 0.769. The normalized spacial score (nSPS) is 13.1. The minimum atomic E-state index is -3.12. The van der Waals surface area contributed by atoms with Gasteiger partial charge in [-0.15, -0.1) is 0 Å². The fourth-order valence-corrected chi connectivity index (χ4v) is 2.93. The van der Waals surface area contributed by atoms with E-state index >= 15 is 0 Å². The van der Waals surface area contributed by atoms with Gasteiger partial charge in [-0.05, 0) is 31.0 Å². The van der Waals surface area contributed by atoms with Crippen LogP contribution in [0.1, 0.15) is 36.2 Å². The SMILES string of the molecule is CCC(C)S(=O)(=O)Cc1ccc(C(=O)OC)cc1. The first-order valence-electron chi connectivity index (χ1n) is 5.79. The van der Waals surface area contributed by atoms with E-state index in [1.54, 1.807) is 31.2 Å². The minimum Gasteiger partial charge on any atom is -0.465 e. The maximum Gasteiger partial charge on any atom is 0.337 e. The first-order chi connectivity index (χ1) is 8.40. The molecule has 1 rings (SSSR count). The summed E-state index contributed by atoms with van der Waals surface area (Å²) in [6.07, 6.45) is 0.600. The number of hydrogen-bond donors (Lipinski definition) is 0. The van der Waals surface area contributed by atoms with E-state index in [0.29, 0.717) is 17.5 Å². The van der Waals surface area contributed by atoms with Gasteiger partial charge >= 0.3 is 5.97 Å². The molecular weight excluding hydrogens is 252 g/mol. The molecule has 4 nitrogen and oxygen atoms in total. The number of benzene rings is 1. The van der Waals surface area contributed by atoms with Crippen LogP contribution in [0.25, 0.3) is 0 Å². The number of carbonyl (C=O) groups is 1. The van der Waals surface area contributed by atoms with Gasteiger partial charge in [-0.2, -0.15) is 0 Å². The maximum absolute atomic E-state index is 11.9. The fourth-order valence-electron chi connectivity index (χ4n) is 1.48. The third-order valence-corrected chi connectivity index (χ3v) is 5.23. The zero-order chi connectivity index (χ0) is 13.8. The molecule has 0 fully saturated rings. The molecule has 5 heteroatoms. The molecule has 0 saturated heterocycles. The summed E-state index contributed by atoms with van der Waals surface area (Å²) >= 11 is 0. The van der Waals surface area contributed by atoms with E-state index in [2.05, 4.69) is 4.74 Å². The van der Waals surface area contributed by atoms with Gasteiger partial charge in [0, 0.05) is 0 Å². The average Bonchev–Trinajstić information content (AvgIpc) is 2.37. The van der Waals surface area contributed by atoms with Gasteiger partial charge in [-0.25, -0.2) is 13.2 Å². The monoisotopic (exact) mass is 270 g/mol. The Morgan fingerprint density at radius 1 is 1.28 bits per heavy atom. The number of carbonyl (C=O) groups excluding carboxylic acids is 1. The van der Waals surface area contributed by atoms with Gasteiger partial charge in [-0.1, -0.05) is 19.1 Å². The predicted octanol–water partition coefficient (Wildman–Crippen LogP) is 2.19. The first-order valence-corrected chi connectivity index (χ1v) is 7.51. The van der Waals surface area contributed by atoms with Crippen molar-refractivity contribution in [3.8, 4) is 0 Å². The highest BCUT2D eigenvalue weighted by Gasteiger charge is 2.19. The zero-order valence-corrected chi connectivity index (χ0v) is 11.7. The van der Waals surface area contributed by atoms with Crippen LogP contribution in [0.15, 0.2) is 24.3 Å². The fraction of sp³-hybridized carbons (Fsp3) is 0.462. The molecule has 0 aliphatic carbocycles. The molecule has 0 radical (unpaired) electrons. The summed E-state index contributed by atoms with van der Waals surface area (Å²) in [5.41, 5.74) is 1.10. The highest BCUT2D eigenvalue weighted by molar-refractivity contribution is 7.91. The Morgan fingerprint density at radius 3 is 2.28 bits per heavy atom. The lowest BCUT2D eigenvalue weighted by atomic mass is 10.1. The van der Waals surface area contributed by atoms with E-state index in [-0.39, 0.29) is 11.0 Å². The van der Waals surface area contributed by atoms with Gasteiger partial charge in [-0.3, -0.25) is 0 Å². The highest BCUT2D eigenvalue weighted by atomic mass is 32.2. The van der Waals surface area contributed by atoms with Crippen molar-refractivity contribution in [3.63, 3.8) is 0 Å². The Labute approximate surface area is 108 Å². The van der Waals surface area contributed by atoms with Crippen LogP contribution >= 0.6 is 0 Å². The summed E-state index contributed by atoms with van der Waals surface area (Å²) in [4.78, 5) is 11.2. The lowest BCUT2D eigenvalue weighted by molar-refractivity contribution is 0.0600. The number of ether oxygens (including phenoxy) is 1. The largest absolute Gasteiger partial charge is 0.465 e. The maximum atomic E-state index is 11.9. The molecule has 0 bridgehead atoms. The summed E-state index contributed by atoms with van der Waals surface area (Å²) in [5.74, 6) is -0.421. The Kier molecular flexibility index (Phi) is 4.90. The molecule has 0 heterocycles. The molecule has 1 atom stereocenters. The van der Waals surface area contributed by atoms with Crippen LogP contribution in [0.5, 0.6) is 0 Å².